The summed E-state index contributed by atoms with van der Waals surface area (Å²) in [7, 11) is 5.84. The van der Waals surface area contributed by atoms with Crippen LogP contribution in [-0.2, 0) is 6.54 Å². The Morgan fingerprint density at radius 2 is 2.12 bits per heavy atom. The Labute approximate surface area is 172 Å². The highest BCUT2D eigenvalue weighted by Gasteiger charge is 2.19. The molecule has 1 aromatic heterocycles. The van der Waals surface area contributed by atoms with Crippen LogP contribution in [0.4, 0.5) is 5.13 Å². The SMILES string of the molecule is C=C(C)CN1CCC(NC(=NC)NCc2csc(N(C)C)n2)CC1.I. The molecule has 25 heavy (non-hydrogen) atoms. The Balaban J connectivity index is 0.00000312. The molecule has 1 saturated heterocycles. The summed E-state index contributed by atoms with van der Waals surface area (Å²) in [6.07, 6.45) is 2.27. The molecule has 0 atom stereocenters. The Morgan fingerprint density at radius 3 is 2.64 bits per heavy atom. The third kappa shape index (κ3) is 7.49. The van der Waals surface area contributed by atoms with Crippen LogP contribution in [0.5, 0.6) is 0 Å². The Morgan fingerprint density at radius 1 is 1.44 bits per heavy atom. The molecule has 1 aliphatic heterocycles. The summed E-state index contributed by atoms with van der Waals surface area (Å²) in [4.78, 5) is 13.4. The lowest BCUT2D eigenvalue weighted by Gasteiger charge is -2.33. The first-order valence-electron chi connectivity index (χ1n) is 8.43. The van der Waals surface area contributed by atoms with Crippen molar-refractivity contribution >= 4 is 46.4 Å². The predicted octanol–water partition coefficient (Wildman–Crippen LogP) is 2.53. The van der Waals surface area contributed by atoms with Crippen LogP contribution in [0, 0.1) is 0 Å². The molecule has 142 valence electrons. The topological polar surface area (TPSA) is 55.8 Å². The fourth-order valence-electron chi connectivity index (χ4n) is 2.76. The number of nitrogens with zero attached hydrogens (tertiary/aromatic N) is 4. The second-order valence-electron chi connectivity index (χ2n) is 6.59. The zero-order chi connectivity index (χ0) is 17.5. The van der Waals surface area contributed by atoms with E-state index < -0.39 is 0 Å². The van der Waals surface area contributed by atoms with Gasteiger partial charge in [-0.1, -0.05) is 12.2 Å². The van der Waals surface area contributed by atoms with E-state index in [9.17, 15) is 0 Å². The summed E-state index contributed by atoms with van der Waals surface area (Å²) in [6.45, 7) is 10.0. The van der Waals surface area contributed by atoms with Gasteiger partial charge in [0, 0.05) is 52.2 Å². The molecule has 6 nitrogen and oxygen atoms in total. The van der Waals surface area contributed by atoms with Gasteiger partial charge in [0.05, 0.1) is 12.2 Å². The van der Waals surface area contributed by atoms with Gasteiger partial charge in [0.25, 0.3) is 0 Å². The molecule has 1 aromatic rings. The first-order chi connectivity index (χ1) is 11.5. The average molecular weight is 478 g/mol. The van der Waals surface area contributed by atoms with E-state index >= 15 is 0 Å². The largest absolute Gasteiger partial charge is 0.354 e. The van der Waals surface area contributed by atoms with Crippen LogP contribution in [0.3, 0.4) is 0 Å². The van der Waals surface area contributed by atoms with E-state index in [1.54, 1.807) is 11.3 Å². The van der Waals surface area contributed by atoms with E-state index in [4.69, 9.17) is 0 Å². The molecule has 0 bridgehead atoms. The van der Waals surface area contributed by atoms with Gasteiger partial charge in [-0.2, -0.15) is 0 Å². The smallest absolute Gasteiger partial charge is 0.191 e. The maximum Gasteiger partial charge on any atom is 0.191 e. The van der Waals surface area contributed by atoms with Crippen molar-refractivity contribution in [1.82, 2.24) is 20.5 Å². The fourth-order valence-corrected chi connectivity index (χ4v) is 3.52. The molecule has 2 heterocycles. The minimum Gasteiger partial charge on any atom is -0.354 e. The van der Waals surface area contributed by atoms with E-state index in [0.717, 1.165) is 49.3 Å². The maximum atomic E-state index is 4.58. The summed E-state index contributed by atoms with van der Waals surface area (Å²) in [5.74, 6) is 0.854. The number of halogens is 1. The number of rotatable bonds is 6. The van der Waals surface area contributed by atoms with Gasteiger partial charge in [-0.3, -0.25) is 9.89 Å². The van der Waals surface area contributed by atoms with Crippen LogP contribution in [0.2, 0.25) is 0 Å². The first kappa shape index (κ1) is 22.2. The number of thiazole rings is 1. The van der Waals surface area contributed by atoms with Crippen molar-refractivity contribution in [2.24, 2.45) is 4.99 Å². The van der Waals surface area contributed by atoms with Gasteiger partial charge in [-0.25, -0.2) is 4.98 Å². The monoisotopic (exact) mass is 478 g/mol. The van der Waals surface area contributed by atoms with Crippen LogP contribution >= 0.6 is 35.3 Å². The second kappa shape index (κ2) is 11.0. The fraction of sp³-hybridized carbons (Fsp3) is 0.647. The summed E-state index contributed by atoms with van der Waals surface area (Å²) < 4.78 is 0. The van der Waals surface area contributed by atoms with Crippen molar-refractivity contribution in [3.05, 3.63) is 23.2 Å². The predicted molar refractivity (Wildman–Crippen MR) is 119 cm³/mol. The lowest BCUT2D eigenvalue weighted by Crippen LogP contribution is -2.48. The number of guanidine groups is 1. The molecule has 0 aliphatic carbocycles. The van der Waals surface area contributed by atoms with Gasteiger partial charge in [0.1, 0.15) is 0 Å². The zero-order valence-electron chi connectivity index (χ0n) is 15.7. The van der Waals surface area contributed by atoms with Crippen molar-refractivity contribution < 1.29 is 0 Å². The molecule has 0 saturated carbocycles. The van der Waals surface area contributed by atoms with Crippen molar-refractivity contribution in [2.75, 3.05) is 45.7 Å². The van der Waals surface area contributed by atoms with Crippen molar-refractivity contribution in [3.63, 3.8) is 0 Å². The summed E-state index contributed by atoms with van der Waals surface area (Å²) >= 11 is 1.66. The molecule has 2 N–H and O–H groups in total. The molecule has 0 radical (unpaired) electrons. The summed E-state index contributed by atoms with van der Waals surface area (Å²) in [6, 6.07) is 0.477. The van der Waals surface area contributed by atoms with Gasteiger partial charge in [-0.05, 0) is 19.8 Å². The standard InChI is InChI=1S/C17H30N6S.HI/c1-13(2)11-23-8-6-14(7-9-23)20-16(18-3)19-10-15-12-24-17(21-15)22(4)5;/h12,14H,1,6-11H2,2-5H3,(H2,18,19,20);1H. The molecule has 1 aliphatic rings. The third-order valence-corrected chi connectivity index (χ3v) is 5.06. The van der Waals surface area contributed by atoms with E-state index in [1.807, 2.05) is 26.0 Å². The quantitative estimate of drug-likeness (QED) is 0.285. The average Bonchev–Trinajstić information content (AvgIpc) is 3.02. The van der Waals surface area contributed by atoms with E-state index in [2.05, 4.69) is 44.4 Å². The van der Waals surface area contributed by atoms with Crippen LogP contribution in [0.25, 0.3) is 0 Å². The molecular formula is C17H31IN6S. The number of aromatic nitrogens is 1. The number of hydrogen-bond donors (Lipinski definition) is 2. The van der Waals surface area contributed by atoms with Gasteiger partial charge in [0.2, 0.25) is 0 Å². The number of hydrogen-bond acceptors (Lipinski definition) is 5. The molecular weight excluding hydrogens is 447 g/mol. The number of likely N-dealkylation sites (tertiary alicyclic amines) is 1. The molecule has 0 unspecified atom stereocenters. The van der Waals surface area contributed by atoms with Crippen LogP contribution in [0.15, 0.2) is 22.5 Å². The zero-order valence-corrected chi connectivity index (χ0v) is 18.9. The van der Waals surface area contributed by atoms with E-state index in [-0.39, 0.29) is 24.0 Å². The lowest BCUT2D eigenvalue weighted by atomic mass is 10.0. The molecule has 0 spiro atoms. The highest BCUT2D eigenvalue weighted by molar-refractivity contribution is 14.0. The molecule has 8 heteroatoms. The number of aliphatic imine (C=N–C) groups is 1. The van der Waals surface area contributed by atoms with Crippen LogP contribution < -0.4 is 15.5 Å². The van der Waals surface area contributed by atoms with Crippen LogP contribution in [0.1, 0.15) is 25.5 Å². The van der Waals surface area contributed by atoms with Gasteiger partial charge in [0.15, 0.2) is 11.1 Å². The highest BCUT2D eigenvalue weighted by atomic mass is 127. The summed E-state index contributed by atoms with van der Waals surface area (Å²) in [5.41, 5.74) is 2.28. The first-order valence-corrected chi connectivity index (χ1v) is 9.31. The third-order valence-electron chi connectivity index (χ3n) is 4.00. The number of anilines is 1. The minimum absolute atomic E-state index is 0. The van der Waals surface area contributed by atoms with E-state index in [1.165, 1.54) is 5.57 Å². The van der Waals surface area contributed by atoms with Gasteiger partial charge < -0.3 is 15.5 Å². The normalized spacial score (nSPS) is 16.2. The van der Waals surface area contributed by atoms with Gasteiger partial charge >= 0.3 is 0 Å². The van der Waals surface area contributed by atoms with Crippen molar-refractivity contribution in [3.8, 4) is 0 Å². The van der Waals surface area contributed by atoms with Crippen LogP contribution in [-0.4, -0.2) is 62.7 Å². The Kier molecular flexibility index (Phi) is 9.73. The maximum absolute atomic E-state index is 4.58. The number of nitrogens with one attached hydrogen (secondary N) is 2. The molecule has 1 fully saturated rings. The minimum atomic E-state index is 0. The van der Waals surface area contributed by atoms with Crippen molar-refractivity contribution in [2.45, 2.75) is 32.4 Å². The summed E-state index contributed by atoms with van der Waals surface area (Å²) in [5, 5.41) is 10.0. The Hall–Kier alpha value is -0.870. The highest BCUT2D eigenvalue weighted by Crippen LogP contribution is 2.17. The van der Waals surface area contributed by atoms with Crippen molar-refractivity contribution in [1.29, 1.82) is 0 Å². The molecule has 0 amide bonds. The number of piperidine rings is 1. The van der Waals surface area contributed by atoms with E-state index in [0.29, 0.717) is 12.6 Å². The molecule has 2 rings (SSSR count). The molecule has 0 aromatic carbocycles. The second-order valence-corrected chi connectivity index (χ2v) is 7.43. The van der Waals surface area contributed by atoms with Gasteiger partial charge in [-0.15, -0.1) is 35.3 Å². The Bertz CT molecular complexity index is 563. The lowest BCUT2D eigenvalue weighted by molar-refractivity contribution is 0.221.